The first-order chi connectivity index (χ1) is 22.2. The molecule has 7 aromatic carbocycles. The molecular weight excluding hydrogens is 550 g/mol. The maximum atomic E-state index is 9.55. The molecule has 0 fully saturated rings. The van der Waals surface area contributed by atoms with Crippen LogP contribution in [0.1, 0.15) is 16.7 Å². The van der Waals surface area contributed by atoms with Crippen LogP contribution in [0.4, 0.5) is 17.1 Å². The number of methoxy groups -OCH3 is 1. The molecule has 45 heavy (non-hydrogen) atoms. The predicted molar refractivity (Wildman–Crippen MR) is 189 cm³/mol. The Labute approximate surface area is 263 Å². The first-order valence-corrected chi connectivity index (χ1v) is 15.1. The van der Waals surface area contributed by atoms with Gasteiger partial charge in [0.25, 0.3) is 0 Å². The summed E-state index contributed by atoms with van der Waals surface area (Å²) in [7, 11) is 1.68. The van der Waals surface area contributed by atoms with Crippen molar-refractivity contribution in [2.24, 2.45) is 0 Å². The van der Waals surface area contributed by atoms with Crippen LogP contribution in [0.3, 0.4) is 0 Å². The molecule has 0 aromatic heterocycles. The predicted octanol–water partition coefficient (Wildman–Crippen LogP) is 10.8. The number of ether oxygens (including phenoxy) is 1. The fourth-order valence-corrected chi connectivity index (χ4v) is 6.01. The highest BCUT2D eigenvalue weighted by Gasteiger charge is 2.13. The molecule has 3 nitrogen and oxygen atoms in total. The first kappa shape index (κ1) is 28.1. The van der Waals surface area contributed by atoms with Crippen LogP contribution in [0.5, 0.6) is 5.75 Å². The molecule has 0 aliphatic heterocycles. The third-order valence-electron chi connectivity index (χ3n) is 8.35. The highest BCUT2D eigenvalue weighted by Crippen LogP contribution is 2.37. The summed E-state index contributed by atoms with van der Waals surface area (Å²) < 4.78 is 5.39. The van der Waals surface area contributed by atoms with Gasteiger partial charge in [0.1, 0.15) is 5.75 Å². The normalized spacial score (nSPS) is 11.3. The third kappa shape index (κ3) is 5.70. The highest BCUT2D eigenvalue weighted by atomic mass is 16.5. The second-order valence-corrected chi connectivity index (χ2v) is 11.1. The van der Waals surface area contributed by atoms with Crippen molar-refractivity contribution in [3.8, 4) is 16.9 Å². The lowest BCUT2D eigenvalue weighted by Crippen LogP contribution is -2.10. The molecule has 0 saturated carbocycles. The van der Waals surface area contributed by atoms with Gasteiger partial charge in [-0.3, -0.25) is 0 Å². The van der Waals surface area contributed by atoms with Crippen molar-refractivity contribution in [2.75, 3.05) is 12.0 Å². The number of aliphatic hydroxyl groups is 1. The number of hydrogen-bond acceptors (Lipinski definition) is 3. The molecule has 0 aliphatic rings. The summed E-state index contributed by atoms with van der Waals surface area (Å²) in [5.74, 6) is 0.812. The Bertz CT molecular complexity index is 2060. The van der Waals surface area contributed by atoms with Crippen molar-refractivity contribution in [1.82, 2.24) is 0 Å². The zero-order chi connectivity index (χ0) is 30.6. The van der Waals surface area contributed by atoms with Crippen LogP contribution in [-0.2, 0) is 6.61 Å². The van der Waals surface area contributed by atoms with E-state index in [4.69, 9.17) is 4.74 Å². The third-order valence-corrected chi connectivity index (χ3v) is 8.35. The summed E-state index contributed by atoms with van der Waals surface area (Å²) in [6.45, 7) is 0.0189. The van der Waals surface area contributed by atoms with Crippen LogP contribution in [0.15, 0.2) is 152 Å². The second kappa shape index (κ2) is 12.5. The van der Waals surface area contributed by atoms with E-state index in [0.717, 1.165) is 33.9 Å². The van der Waals surface area contributed by atoms with Gasteiger partial charge < -0.3 is 14.7 Å². The molecule has 0 aliphatic carbocycles. The van der Waals surface area contributed by atoms with E-state index in [1.807, 2.05) is 36.4 Å². The van der Waals surface area contributed by atoms with Crippen molar-refractivity contribution >= 4 is 50.8 Å². The van der Waals surface area contributed by atoms with Crippen molar-refractivity contribution in [2.45, 2.75) is 6.61 Å². The minimum absolute atomic E-state index is 0.0189. The molecule has 218 valence electrons. The molecule has 0 atom stereocenters. The van der Waals surface area contributed by atoms with E-state index in [2.05, 4.69) is 132 Å². The first-order valence-electron chi connectivity index (χ1n) is 15.1. The van der Waals surface area contributed by atoms with Crippen molar-refractivity contribution in [3.63, 3.8) is 0 Å². The van der Waals surface area contributed by atoms with Gasteiger partial charge >= 0.3 is 0 Å². The van der Waals surface area contributed by atoms with Crippen molar-refractivity contribution in [3.05, 3.63) is 168 Å². The Balaban J connectivity index is 1.21. The summed E-state index contributed by atoms with van der Waals surface area (Å²) in [5.41, 5.74) is 8.75. The number of anilines is 3. The molecule has 7 aromatic rings. The fourth-order valence-electron chi connectivity index (χ4n) is 6.01. The molecular formula is C42H33NO2. The summed E-state index contributed by atoms with van der Waals surface area (Å²) in [4.78, 5) is 2.20. The lowest BCUT2D eigenvalue weighted by molar-refractivity contribution is 0.282. The lowest BCUT2D eigenvalue weighted by Gasteiger charge is -2.26. The number of benzene rings is 7. The van der Waals surface area contributed by atoms with E-state index in [-0.39, 0.29) is 6.61 Å². The van der Waals surface area contributed by atoms with Gasteiger partial charge in [0.15, 0.2) is 0 Å². The van der Waals surface area contributed by atoms with Gasteiger partial charge in [-0.25, -0.2) is 0 Å². The number of nitrogens with zero attached hydrogens (tertiary/aromatic N) is 1. The topological polar surface area (TPSA) is 32.7 Å². The molecule has 0 bridgehead atoms. The molecule has 7 rings (SSSR count). The maximum Gasteiger partial charge on any atom is 0.119 e. The Morgan fingerprint density at radius 1 is 0.533 bits per heavy atom. The van der Waals surface area contributed by atoms with Gasteiger partial charge in [-0.05, 0) is 97.9 Å². The van der Waals surface area contributed by atoms with E-state index in [0.29, 0.717) is 0 Å². The molecule has 0 radical (unpaired) electrons. The van der Waals surface area contributed by atoms with E-state index in [1.165, 1.54) is 38.2 Å². The van der Waals surface area contributed by atoms with Gasteiger partial charge in [0.05, 0.1) is 13.7 Å². The van der Waals surface area contributed by atoms with Gasteiger partial charge in [-0.15, -0.1) is 0 Å². The van der Waals surface area contributed by atoms with Crippen LogP contribution in [0, 0.1) is 0 Å². The molecule has 0 unspecified atom stereocenters. The van der Waals surface area contributed by atoms with E-state index < -0.39 is 0 Å². The minimum atomic E-state index is 0.0189. The largest absolute Gasteiger partial charge is 0.497 e. The zero-order valence-corrected chi connectivity index (χ0v) is 25.1. The lowest BCUT2D eigenvalue weighted by atomic mass is 9.92. The van der Waals surface area contributed by atoms with Crippen LogP contribution < -0.4 is 9.64 Å². The van der Waals surface area contributed by atoms with Crippen LogP contribution in [-0.4, -0.2) is 12.2 Å². The van der Waals surface area contributed by atoms with Crippen molar-refractivity contribution < 1.29 is 9.84 Å². The maximum absolute atomic E-state index is 9.55. The summed E-state index contributed by atoms with van der Waals surface area (Å²) in [6, 6.07) is 52.9. The Hall–Kier alpha value is -5.64. The van der Waals surface area contributed by atoms with Crippen molar-refractivity contribution in [1.29, 1.82) is 0 Å². The quantitative estimate of drug-likeness (QED) is 0.181. The summed E-state index contributed by atoms with van der Waals surface area (Å²) in [6.07, 6.45) is 4.38. The van der Waals surface area contributed by atoms with Gasteiger partial charge in [-0.1, -0.05) is 115 Å². The summed E-state index contributed by atoms with van der Waals surface area (Å²) in [5, 5.41) is 14.5. The number of hydrogen-bond donors (Lipinski definition) is 1. The standard InChI is InChI=1S/C42H33NO2/c1-45-37-26-24-36(25-27-37)43(35-22-16-31(29-44)17-23-35)34-20-14-30(15-21-34)13-18-33-19-28-42(40-11-5-4-10-39(33)40)41-12-6-8-32-7-2-3-9-38(32)41/h2-28,44H,29H2,1H3. The Morgan fingerprint density at radius 2 is 1.11 bits per heavy atom. The van der Waals surface area contributed by atoms with Gasteiger partial charge in [0.2, 0.25) is 0 Å². The summed E-state index contributed by atoms with van der Waals surface area (Å²) >= 11 is 0. The molecule has 1 N–H and O–H groups in total. The number of fused-ring (bicyclic) bond motifs is 2. The molecule has 0 heterocycles. The van der Waals surface area contributed by atoms with Crippen LogP contribution in [0.2, 0.25) is 0 Å². The molecule has 0 saturated heterocycles. The monoisotopic (exact) mass is 583 g/mol. The highest BCUT2D eigenvalue weighted by molar-refractivity contribution is 6.07. The van der Waals surface area contributed by atoms with E-state index >= 15 is 0 Å². The Kier molecular flexibility index (Phi) is 7.84. The Morgan fingerprint density at radius 3 is 1.80 bits per heavy atom. The number of aliphatic hydroxyl groups excluding tert-OH is 1. The van der Waals surface area contributed by atoms with Crippen LogP contribution >= 0.6 is 0 Å². The fraction of sp³-hybridized carbons (Fsp3) is 0.0476. The van der Waals surface area contributed by atoms with E-state index in [1.54, 1.807) is 7.11 Å². The van der Waals surface area contributed by atoms with Gasteiger partial charge in [0, 0.05) is 17.1 Å². The average molecular weight is 584 g/mol. The molecule has 3 heteroatoms. The minimum Gasteiger partial charge on any atom is -0.497 e. The zero-order valence-electron chi connectivity index (χ0n) is 25.1. The second-order valence-electron chi connectivity index (χ2n) is 11.1. The molecule has 0 amide bonds. The van der Waals surface area contributed by atoms with Crippen LogP contribution in [0.25, 0.3) is 44.8 Å². The smallest absolute Gasteiger partial charge is 0.119 e. The average Bonchev–Trinajstić information content (AvgIpc) is 3.11. The van der Waals surface area contributed by atoms with Gasteiger partial charge in [-0.2, -0.15) is 0 Å². The number of rotatable bonds is 8. The van der Waals surface area contributed by atoms with E-state index in [9.17, 15) is 5.11 Å². The molecule has 0 spiro atoms. The SMILES string of the molecule is COc1ccc(N(c2ccc(C=Cc3ccc(-c4cccc5ccccc45)c4ccccc34)cc2)c2ccc(CO)cc2)cc1.